The Morgan fingerprint density at radius 3 is 2.11 bits per heavy atom. The van der Waals surface area contributed by atoms with Crippen LogP contribution in [0, 0.1) is 0 Å². The second-order valence-corrected chi connectivity index (χ2v) is 9.30. The zero-order chi connectivity index (χ0) is 26.1. The number of carbonyl (C=O) groups excluding carboxylic acids is 1. The summed E-state index contributed by atoms with van der Waals surface area (Å²) >= 11 is 0. The molecular formula is C29H41F3N2O2. The highest BCUT2D eigenvalue weighted by molar-refractivity contribution is 6.44. The van der Waals surface area contributed by atoms with Gasteiger partial charge in [0.15, 0.2) is 11.8 Å². The van der Waals surface area contributed by atoms with Crippen molar-refractivity contribution >= 4 is 11.7 Å². The number of benzene rings is 1. The molecule has 0 radical (unpaired) electrons. The fourth-order valence-electron chi connectivity index (χ4n) is 4.11. The second kappa shape index (κ2) is 17.0. The number of carbonyl (C=O) groups is 1. The molecular weight excluding hydrogens is 465 g/mol. The molecule has 0 spiro atoms. The second-order valence-electron chi connectivity index (χ2n) is 9.30. The molecule has 1 aromatic carbocycles. The summed E-state index contributed by atoms with van der Waals surface area (Å²) in [5.74, 6) is -0.850. The summed E-state index contributed by atoms with van der Waals surface area (Å²) in [5.41, 5.74) is 2.39. The summed E-state index contributed by atoms with van der Waals surface area (Å²) in [7, 11) is 0. The van der Waals surface area contributed by atoms with Crippen molar-refractivity contribution < 1.29 is 22.7 Å². The summed E-state index contributed by atoms with van der Waals surface area (Å²) in [4.78, 5) is 12.5. The van der Waals surface area contributed by atoms with Crippen molar-refractivity contribution in [2.45, 2.75) is 109 Å². The van der Waals surface area contributed by atoms with Crippen LogP contribution in [0.3, 0.4) is 0 Å². The predicted octanol–water partition coefficient (Wildman–Crippen LogP) is 8.19. The van der Waals surface area contributed by atoms with Crippen LogP contribution in [-0.2, 0) is 16.1 Å². The lowest BCUT2D eigenvalue weighted by molar-refractivity contribution is -0.144. The molecule has 1 N–H and O–H groups in total. The summed E-state index contributed by atoms with van der Waals surface area (Å²) in [5, 5.41) is 3.66. The largest absolute Gasteiger partial charge is 0.456 e. The van der Waals surface area contributed by atoms with Crippen LogP contribution in [0.5, 0.6) is 0 Å². The Balaban J connectivity index is 1.69. The van der Waals surface area contributed by atoms with Gasteiger partial charge in [0.25, 0.3) is 0 Å². The number of nitrogens with one attached hydrogen (secondary N) is 1. The third-order valence-electron chi connectivity index (χ3n) is 6.20. The summed E-state index contributed by atoms with van der Waals surface area (Å²) in [6.45, 7) is 2.21. The lowest BCUT2D eigenvalue weighted by Gasteiger charge is -2.16. The Labute approximate surface area is 214 Å². The number of unbranched alkanes of at least 4 members (excludes halogenated alkanes) is 11. The average Bonchev–Trinajstić information content (AvgIpc) is 3.30. The molecule has 1 heterocycles. The van der Waals surface area contributed by atoms with Crippen LogP contribution in [0.4, 0.5) is 13.2 Å². The molecule has 0 saturated carbocycles. The third-order valence-corrected chi connectivity index (χ3v) is 6.20. The highest BCUT2D eigenvalue weighted by atomic mass is 19.4. The van der Waals surface area contributed by atoms with Gasteiger partial charge in [-0.2, -0.15) is 18.3 Å². The molecule has 1 aliphatic rings. The summed E-state index contributed by atoms with van der Waals surface area (Å²) in [6.07, 6.45) is 15.8. The van der Waals surface area contributed by atoms with E-state index in [-0.39, 0.29) is 17.9 Å². The van der Waals surface area contributed by atoms with E-state index in [0.29, 0.717) is 6.42 Å². The predicted molar refractivity (Wildman–Crippen MR) is 140 cm³/mol. The molecule has 0 fully saturated rings. The zero-order valence-electron chi connectivity index (χ0n) is 21.5. The lowest BCUT2D eigenvalue weighted by atomic mass is 10.0. The average molecular weight is 507 g/mol. The van der Waals surface area contributed by atoms with Gasteiger partial charge in [-0.25, -0.2) is 4.79 Å². The van der Waals surface area contributed by atoms with Gasteiger partial charge < -0.3 is 4.74 Å². The molecule has 0 aromatic heterocycles. The van der Waals surface area contributed by atoms with Gasteiger partial charge in [0.05, 0.1) is 0 Å². The van der Waals surface area contributed by atoms with Crippen molar-refractivity contribution in [3.63, 3.8) is 0 Å². The van der Waals surface area contributed by atoms with E-state index in [1.54, 1.807) is 24.3 Å². The van der Waals surface area contributed by atoms with E-state index in [2.05, 4.69) is 29.6 Å². The minimum Gasteiger partial charge on any atom is -0.456 e. The number of nitrogens with zero attached hydrogens (tertiary/aromatic N) is 1. The smallest absolute Gasteiger partial charge is 0.414 e. The van der Waals surface area contributed by atoms with Gasteiger partial charge in [-0.3, -0.25) is 5.43 Å². The number of hydrogen-bond donors (Lipinski definition) is 1. The van der Waals surface area contributed by atoms with Crippen LogP contribution in [0.15, 0.2) is 59.2 Å². The van der Waals surface area contributed by atoms with Crippen LogP contribution >= 0.6 is 0 Å². The van der Waals surface area contributed by atoms with Crippen molar-refractivity contribution in [2.75, 3.05) is 0 Å². The first-order valence-corrected chi connectivity index (χ1v) is 13.4. The van der Waals surface area contributed by atoms with Gasteiger partial charge in [0.1, 0.15) is 6.61 Å². The fraction of sp³-hybridized carbons (Fsp3) is 0.586. The molecule has 0 bridgehead atoms. The van der Waals surface area contributed by atoms with Crippen LogP contribution in [0.25, 0.3) is 0 Å². The van der Waals surface area contributed by atoms with Crippen molar-refractivity contribution in [3.8, 4) is 0 Å². The number of rotatable bonds is 17. The number of esters is 1. The SMILES string of the molecule is CCCCCCCC/C=C/CCCCCC/C=C1\C(C(=O)OCc2ccccc2)=NNC1C(F)(F)F. The van der Waals surface area contributed by atoms with E-state index >= 15 is 0 Å². The van der Waals surface area contributed by atoms with E-state index in [0.717, 1.165) is 44.1 Å². The van der Waals surface area contributed by atoms with Gasteiger partial charge in [-0.1, -0.05) is 100 Å². The number of hydrogen-bond acceptors (Lipinski definition) is 4. The highest BCUT2D eigenvalue weighted by Gasteiger charge is 2.48. The third kappa shape index (κ3) is 11.4. The van der Waals surface area contributed by atoms with Gasteiger partial charge in [0.2, 0.25) is 0 Å². The Morgan fingerprint density at radius 2 is 1.50 bits per heavy atom. The van der Waals surface area contributed by atoms with Crippen LogP contribution in [-0.4, -0.2) is 23.9 Å². The molecule has 1 aromatic rings. The van der Waals surface area contributed by atoms with Gasteiger partial charge in [0, 0.05) is 5.57 Å². The molecule has 1 aliphatic heterocycles. The Morgan fingerprint density at radius 1 is 0.917 bits per heavy atom. The van der Waals surface area contributed by atoms with Crippen molar-refractivity contribution in [1.82, 2.24) is 5.43 Å². The van der Waals surface area contributed by atoms with E-state index < -0.39 is 18.2 Å². The van der Waals surface area contributed by atoms with Crippen molar-refractivity contribution in [2.24, 2.45) is 5.10 Å². The maximum Gasteiger partial charge on any atom is 0.414 e. The van der Waals surface area contributed by atoms with E-state index in [1.807, 2.05) is 6.07 Å². The summed E-state index contributed by atoms with van der Waals surface area (Å²) < 4.78 is 45.6. The molecule has 4 nitrogen and oxygen atoms in total. The van der Waals surface area contributed by atoms with Gasteiger partial charge in [-0.05, 0) is 44.1 Å². The molecule has 0 aliphatic carbocycles. The van der Waals surface area contributed by atoms with Crippen molar-refractivity contribution in [1.29, 1.82) is 0 Å². The van der Waals surface area contributed by atoms with E-state index in [9.17, 15) is 18.0 Å². The van der Waals surface area contributed by atoms with Crippen molar-refractivity contribution in [3.05, 3.63) is 59.7 Å². The minimum atomic E-state index is -4.54. The van der Waals surface area contributed by atoms with Crippen LogP contribution in [0.1, 0.15) is 96.0 Å². The number of ether oxygens (including phenoxy) is 1. The van der Waals surface area contributed by atoms with Crippen LogP contribution in [0.2, 0.25) is 0 Å². The lowest BCUT2D eigenvalue weighted by Crippen LogP contribution is -2.39. The number of alkyl halides is 3. The van der Waals surface area contributed by atoms with Gasteiger partial charge in [-0.15, -0.1) is 0 Å². The molecule has 1 atom stereocenters. The maximum atomic E-state index is 13.5. The number of halogens is 3. The quantitative estimate of drug-likeness (QED) is 0.132. The molecule has 0 saturated heterocycles. The summed E-state index contributed by atoms with van der Waals surface area (Å²) in [6, 6.07) is 7.02. The first-order valence-electron chi connectivity index (χ1n) is 13.4. The minimum absolute atomic E-state index is 0.0178. The van der Waals surface area contributed by atoms with Crippen LogP contribution < -0.4 is 5.43 Å². The topological polar surface area (TPSA) is 50.7 Å². The molecule has 7 heteroatoms. The first kappa shape index (κ1) is 29.7. The monoisotopic (exact) mass is 506 g/mol. The highest BCUT2D eigenvalue weighted by Crippen LogP contribution is 2.30. The van der Waals surface area contributed by atoms with Gasteiger partial charge >= 0.3 is 12.1 Å². The molecule has 36 heavy (non-hydrogen) atoms. The molecule has 200 valence electrons. The maximum absolute atomic E-state index is 13.5. The van der Waals surface area contributed by atoms with E-state index in [4.69, 9.17) is 4.74 Å². The first-order chi connectivity index (χ1) is 17.4. The Kier molecular flexibility index (Phi) is 14.0. The molecule has 0 amide bonds. The Hall–Kier alpha value is -2.57. The fourth-order valence-corrected chi connectivity index (χ4v) is 4.11. The molecule has 1 unspecified atom stereocenters. The molecule has 2 rings (SSSR count). The number of hydrazone groups is 1. The zero-order valence-corrected chi connectivity index (χ0v) is 21.5. The Bertz CT molecular complexity index is 848. The number of allylic oxidation sites excluding steroid dienone is 3. The standard InChI is InChI=1S/C29H41F3N2O2/c1-2-3-4-5-6-7-8-9-10-11-12-13-14-15-19-22-25-26(33-34-27(25)29(30,31)32)28(35)36-23-24-20-17-16-18-21-24/h9-10,16-18,20-22,27,34H,2-8,11-15,19,23H2,1H3/b10-9+,25-22+. The van der Waals surface area contributed by atoms with E-state index in [1.165, 1.54) is 44.6 Å². The normalized spacial score (nSPS) is 16.9.